The molecule has 0 aromatic rings. The summed E-state index contributed by atoms with van der Waals surface area (Å²) in [5.41, 5.74) is 0. The number of carbonyl (C=O) groups is 1. The molecule has 0 bridgehead atoms. The van der Waals surface area contributed by atoms with Gasteiger partial charge in [-0.15, -0.1) is 0 Å². The summed E-state index contributed by atoms with van der Waals surface area (Å²) >= 11 is 0. The van der Waals surface area contributed by atoms with E-state index in [1.165, 1.54) is 45.2 Å². The van der Waals surface area contributed by atoms with Crippen LogP contribution in [0.4, 0.5) is 0 Å². The summed E-state index contributed by atoms with van der Waals surface area (Å²) in [5, 5.41) is 0. The second-order valence-electron chi connectivity index (χ2n) is 6.74. The van der Waals surface area contributed by atoms with Gasteiger partial charge in [0.2, 0.25) is 5.91 Å². The van der Waals surface area contributed by atoms with E-state index in [1.807, 2.05) is 0 Å². The third-order valence-electron chi connectivity index (χ3n) is 5.88. The highest BCUT2D eigenvalue weighted by molar-refractivity contribution is 5.77. The maximum Gasteiger partial charge on any atom is 0.222 e. The number of hydrogen-bond acceptors (Lipinski definition) is 2. The van der Waals surface area contributed by atoms with Crippen LogP contribution in [0.5, 0.6) is 0 Å². The fourth-order valence-electron chi connectivity index (χ4n) is 5.26. The second kappa shape index (κ2) is 4.22. The van der Waals surface area contributed by atoms with Gasteiger partial charge < -0.3 is 4.90 Å². The lowest BCUT2D eigenvalue weighted by molar-refractivity contribution is -0.150. The Morgan fingerprint density at radius 1 is 1.00 bits per heavy atom. The molecule has 4 saturated heterocycles. The molecule has 1 amide bonds. The van der Waals surface area contributed by atoms with Crippen LogP contribution < -0.4 is 0 Å². The predicted molar refractivity (Wildman–Crippen MR) is 70.2 cm³/mol. The van der Waals surface area contributed by atoms with Gasteiger partial charge >= 0.3 is 0 Å². The number of rotatable bonds is 0. The van der Waals surface area contributed by atoms with Crippen molar-refractivity contribution < 1.29 is 4.79 Å². The van der Waals surface area contributed by atoms with E-state index in [0.717, 1.165) is 37.3 Å². The van der Waals surface area contributed by atoms with Crippen molar-refractivity contribution >= 4 is 5.91 Å². The molecule has 0 saturated carbocycles. The lowest BCUT2D eigenvalue weighted by Crippen LogP contribution is -2.66. The van der Waals surface area contributed by atoms with Gasteiger partial charge in [-0.05, 0) is 63.5 Å². The Labute approximate surface area is 110 Å². The van der Waals surface area contributed by atoms with Gasteiger partial charge in [-0.3, -0.25) is 9.69 Å². The molecule has 4 aliphatic rings. The van der Waals surface area contributed by atoms with Crippen LogP contribution in [-0.2, 0) is 4.79 Å². The zero-order valence-corrected chi connectivity index (χ0v) is 11.2. The molecule has 4 heterocycles. The van der Waals surface area contributed by atoms with Crippen molar-refractivity contribution in [2.75, 3.05) is 19.6 Å². The van der Waals surface area contributed by atoms with E-state index in [0.29, 0.717) is 11.9 Å². The van der Waals surface area contributed by atoms with E-state index in [1.54, 1.807) is 0 Å². The van der Waals surface area contributed by atoms with Gasteiger partial charge in [0.25, 0.3) is 0 Å². The summed E-state index contributed by atoms with van der Waals surface area (Å²) in [4.78, 5) is 17.2. The third kappa shape index (κ3) is 1.56. The van der Waals surface area contributed by atoms with Gasteiger partial charge in [-0.1, -0.05) is 0 Å². The maximum atomic E-state index is 12.2. The van der Waals surface area contributed by atoms with Gasteiger partial charge in [0.05, 0.1) is 0 Å². The highest BCUT2D eigenvalue weighted by atomic mass is 16.2. The molecule has 0 radical (unpaired) electrons. The Morgan fingerprint density at radius 2 is 1.83 bits per heavy atom. The first-order valence-electron chi connectivity index (χ1n) is 7.88. The molecule has 4 aliphatic heterocycles. The first kappa shape index (κ1) is 11.3. The highest BCUT2D eigenvalue weighted by Gasteiger charge is 2.50. The van der Waals surface area contributed by atoms with Crippen molar-refractivity contribution in [3.63, 3.8) is 0 Å². The second-order valence-corrected chi connectivity index (χ2v) is 6.74. The van der Waals surface area contributed by atoms with Gasteiger partial charge in [0.15, 0.2) is 0 Å². The van der Waals surface area contributed by atoms with Crippen molar-refractivity contribution in [2.24, 2.45) is 11.8 Å². The van der Waals surface area contributed by atoms with Crippen molar-refractivity contribution in [3.05, 3.63) is 0 Å². The van der Waals surface area contributed by atoms with E-state index in [-0.39, 0.29) is 0 Å². The average molecular weight is 248 g/mol. The van der Waals surface area contributed by atoms with Gasteiger partial charge in [-0.2, -0.15) is 0 Å². The van der Waals surface area contributed by atoms with Gasteiger partial charge in [0.1, 0.15) is 0 Å². The summed E-state index contributed by atoms with van der Waals surface area (Å²) in [7, 11) is 0. The van der Waals surface area contributed by atoms with Gasteiger partial charge in [-0.25, -0.2) is 0 Å². The Hall–Kier alpha value is -0.570. The van der Waals surface area contributed by atoms with E-state index >= 15 is 0 Å². The molecular weight excluding hydrogens is 224 g/mol. The van der Waals surface area contributed by atoms with Crippen LogP contribution in [0.15, 0.2) is 0 Å². The first-order valence-corrected chi connectivity index (χ1v) is 7.88. The van der Waals surface area contributed by atoms with Crippen molar-refractivity contribution in [3.8, 4) is 0 Å². The summed E-state index contributed by atoms with van der Waals surface area (Å²) in [6.07, 6.45) is 8.64. The summed E-state index contributed by atoms with van der Waals surface area (Å²) in [5.74, 6) is 2.02. The first-order chi connectivity index (χ1) is 8.84. The molecule has 0 unspecified atom stereocenters. The number of nitrogens with zero attached hydrogens (tertiary/aromatic N) is 2. The molecule has 100 valence electrons. The Balaban J connectivity index is 1.66. The molecular formula is C15H24N2O. The minimum atomic E-state index is 0.451. The molecule has 18 heavy (non-hydrogen) atoms. The quantitative estimate of drug-likeness (QED) is 0.653. The molecule has 4 atom stereocenters. The molecule has 4 rings (SSSR count). The van der Waals surface area contributed by atoms with E-state index < -0.39 is 0 Å². The largest absolute Gasteiger partial charge is 0.339 e. The number of carbonyl (C=O) groups excluding carboxylic acids is 1. The molecule has 3 heteroatoms. The lowest BCUT2D eigenvalue weighted by Gasteiger charge is -2.58. The molecule has 0 spiro atoms. The summed E-state index contributed by atoms with van der Waals surface area (Å²) in [6, 6.07) is 1.41. The average Bonchev–Trinajstić information content (AvgIpc) is 2.41. The third-order valence-corrected chi connectivity index (χ3v) is 5.88. The van der Waals surface area contributed by atoms with Crippen molar-refractivity contribution in [1.29, 1.82) is 0 Å². The summed E-state index contributed by atoms with van der Waals surface area (Å²) in [6.45, 7) is 3.71. The summed E-state index contributed by atoms with van der Waals surface area (Å²) < 4.78 is 0. The highest BCUT2D eigenvalue weighted by Crippen LogP contribution is 2.44. The van der Waals surface area contributed by atoms with Crippen LogP contribution in [0, 0.1) is 11.8 Å². The molecule has 0 N–H and O–H groups in total. The normalized spacial score (nSPS) is 44.4. The number of fused-ring (bicyclic) bond motifs is 2. The van der Waals surface area contributed by atoms with Crippen LogP contribution in [0.25, 0.3) is 0 Å². The minimum absolute atomic E-state index is 0.451. The minimum Gasteiger partial charge on any atom is -0.339 e. The van der Waals surface area contributed by atoms with E-state index in [4.69, 9.17) is 0 Å². The fraction of sp³-hybridized carbons (Fsp3) is 0.933. The van der Waals surface area contributed by atoms with Crippen LogP contribution in [0.2, 0.25) is 0 Å². The standard InChI is InChI=1S/C15H24N2O/c18-14-7-1-6-13-12-5-3-9-16-8-2-4-11(15(12)16)10-17(13)14/h11-13,15H,1-10H2/t11-,12+,13+,15+/m0/s1. The fourth-order valence-corrected chi connectivity index (χ4v) is 5.26. The number of hydrogen-bond donors (Lipinski definition) is 0. The lowest BCUT2D eigenvalue weighted by atomic mass is 9.68. The van der Waals surface area contributed by atoms with Crippen LogP contribution >= 0.6 is 0 Å². The molecule has 0 aromatic heterocycles. The molecule has 4 fully saturated rings. The van der Waals surface area contributed by atoms with E-state index in [2.05, 4.69) is 9.80 Å². The monoisotopic (exact) mass is 248 g/mol. The number of piperidine rings is 4. The SMILES string of the molecule is O=C1CCC[C@@H]2[C@H]3CCCN4CCC[C@@H](CN12)[C@H]34. The van der Waals surface area contributed by atoms with Crippen molar-refractivity contribution in [2.45, 2.75) is 57.0 Å². The zero-order chi connectivity index (χ0) is 12.1. The van der Waals surface area contributed by atoms with Crippen LogP contribution in [0.1, 0.15) is 44.9 Å². The Kier molecular flexibility index (Phi) is 2.65. The predicted octanol–water partition coefficient (Wildman–Crippen LogP) is 1.87. The molecule has 3 nitrogen and oxygen atoms in total. The maximum absolute atomic E-state index is 12.2. The van der Waals surface area contributed by atoms with Gasteiger partial charge in [0, 0.05) is 25.0 Å². The smallest absolute Gasteiger partial charge is 0.222 e. The van der Waals surface area contributed by atoms with Crippen LogP contribution in [-0.4, -0.2) is 47.4 Å². The van der Waals surface area contributed by atoms with Crippen LogP contribution in [0.3, 0.4) is 0 Å². The van der Waals surface area contributed by atoms with Crippen molar-refractivity contribution in [1.82, 2.24) is 9.80 Å². The Bertz CT molecular complexity index is 354. The molecule has 0 aromatic carbocycles. The van der Waals surface area contributed by atoms with E-state index in [9.17, 15) is 4.79 Å². The zero-order valence-electron chi connectivity index (χ0n) is 11.2. The molecule has 0 aliphatic carbocycles. The Morgan fingerprint density at radius 3 is 2.72 bits per heavy atom. The number of amides is 1. The topological polar surface area (TPSA) is 23.6 Å².